The summed E-state index contributed by atoms with van der Waals surface area (Å²) in [6, 6.07) is 52.4. The van der Waals surface area contributed by atoms with Crippen LogP contribution in [0.3, 0.4) is 0 Å². The van der Waals surface area contributed by atoms with Crippen LogP contribution in [0.4, 0.5) is 17.3 Å². The number of hydrogen-bond donors (Lipinski definition) is 0. The predicted octanol–water partition coefficient (Wildman–Crippen LogP) is 11.7. The molecule has 10 rings (SSSR count). The van der Waals surface area contributed by atoms with Crippen LogP contribution in [0.15, 0.2) is 160 Å². The van der Waals surface area contributed by atoms with Crippen molar-refractivity contribution in [1.29, 1.82) is 0 Å². The fraction of sp³-hybridized carbons (Fsp3) is 0. The standard InChI is InChI=1S/C42H25N3O2/c1-2-10-27-23-29(18-17-26(27)9-1)35-25-30(24-28-11-3-4-12-31(28)35)45(39-22-20-38-41(43-39)34-14-6-8-16-37(34)46-38)40-21-19-33-32-13-5-7-15-36(32)47-42(33)44-40/h1-25H. The highest BCUT2D eigenvalue weighted by atomic mass is 16.3. The van der Waals surface area contributed by atoms with Crippen molar-refractivity contribution < 1.29 is 8.83 Å². The minimum absolute atomic E-state index is 0.582. The lowest BCUT2D eigenvalue weighted by atomic mass is 9.95. The summed E-state index contributed by atoms with van der Waals surface area (Å²) in [4.78, 5) is 12.5. The molecule has 47 heavy (non-hydrogen) atoms. The molecule has 10 aromatic rings. The third-order valence-corrected chi connectivity index (χ3v) is 9.06. The highest BCUT2D eigenvalue weighted by Gasteiger charge is 2.21. The molecule has 0 amide bonds. The van der Waals surface area contributed by atoms with Crippen LogP contribution >= 0.6 is 0 Å². The van der Waals surface area contributed by atoms with E-state index in [9.17, 15) is 0 Å². The number of furan rings is 2. The normalized spacial score (nSPS) is 11.8. The number of fused-ring (bicyclic) bond motifs is 8. The Bertz CT molecular complexity index is 2830. The second kappa shape index (κ2) is 10.0. The molecule has 0 radical (unpaired) electrons. The van der Waals surface area contributed by atoms with Crippen molar-refractivity contribution in [1.82, 2.24) is 9.97 Å². The summed E-state index contributed by atoms with van der Waals surface area (Å²) in [5.74, 6) is 1.43. The first-order valence-electron chi connectivity index (χ1n) is 15.7. The van der Waals surface area contributed by atoms with Crippen molar-refractivity contribution in [3.8, 4) is 11.1 Å². The van der Waals surface area contributed by atoms with Gasteiger partial charge in [0.15, 0.2) is 5.58 Å². The van der Waals surface area contributed by atoms with E-state index in [-0.39, 0.29) is 0 Å². The maximum atomic E-state index is 6.26. The van der Waals surface area contributed by atoms with Gasteiger partial charge in [0.25, 0.3) is 0 Å². The van der Waals surface area contributed by atoms with E-state index >= 15 is 0 Å². The number of aromatic nitrogens is 2. The van der Waals surface area contributed by atoms with E-state index in [2.05, 4.69) is 108 Å². The molecule has 4 heterocycles. The van der Waals surface area contributed by atoms with Gasteiger partial charge in [0.1, 0.15) is 28.3 Å². The molecule has 0 unspecified atom stereocenters. The molecule has 0 saturated heterocycles. The molecule has 0 atom stereocenters. The van der Waals surface area contributed by atoms with Gasteiger partial charge in [0.2, 0.25) is 5.71 Å². The Labute approximate surface area is 268 Å². The van der Waals surface area contributed by atoms with Crippen molar-refractivity contribution in [2.24, 2.45) is 0 Å². The van der Waals surface area contributed by atoms with Crippen LogP contribution in [-0.2, 0) is 0 Å². The minimum Gasteiger partial charge on any atom is -0.454 e. The first-order chi connectivity index (χ1) is 23.3. The molecule has 0 N–H and O–H groups in total. The summed E-state index contributed by atoms with van der Waals surface area (Å²) in [5, 5.41) is 7.71. The minimum atomic E-state index is 0.582. The van der Waals surface area contributed by atoms with Crippen molar-refractivity contribution in [3.05, 3.63) is 152 Å². The van der Waals surface area contributed by atoms with Crippen LogP contribution in [0.1, 0.15) is 0 Å². The van der Waals surface area contributed by atoms with Gasteiger partial charge < -0.3 is 8.83 Å². The summed E-state index contributed by atoms with van der Waals surface area (Å²) >= 11 is 0. The zero-order chi connectivity index (χ0) is 30.9. The van der Waals surface area contributed by atoms with Gasteiger partial charge in [-0.1, -0.05) is 91.0 Å². The topological polar surface area (TPSA) is 55.3 Å². The molecule has 0 aliphatic carbocycles. The van der Waals surface area contributed by atoms with Gasteiger partial charge in [0.05, 0.1) is 5.69 Å². The van der Waals surface area contributed by atoms with Gasteiger partial charge in [-0.05, 0) is 93.3 Å². The van der Waals surface area contributed by atoms with Crippen molar-refractivity contribution >= 4 is 83.0 Å². The molecule has 6 aromatic carbocycles. The average Bonchev–Trinajstić information content (AvgIpc) is 3.69. The highest BCUT2D eigenvalue weighted by molar-refractivity contribution is 6.06. The van der Waals surface area contributed by atoms with Gasteiger partial charge in [-0.15, -0.1) is 0 Å². The van der Waals surface area contributed by atoms with Crippen LogP contribution in [0.5, 0.6) is 0 Å². The Hall–Kier alpha value is -6.46. The molecule has 5 nitrogen and oxygen atoms in total. The number of hydrogen-bond acceptors (Lipinski definition) is 5. The van der Waals surface area contributed by atoms with E-state index in [1.54, 1.807) is 0 Å². The zero-order valence-electron chi connectivity index (χ0n) is 25.1. The molecule has 0 fully saturated rings. The molecule has 0 aliphatic rings. The number of anilines is 3. The van der Waals surface area contributed by atoms with Gasteiger partial charge in [0, 0.05) is 16.2 Å². The van der Waals surface area contributed by atoms with Gasteiger partial charge in [-0.3, -0.25) is 4.90 Å². The largest absolute Gasteiger partial charge is 0.454 e. The number of para-hydroxylation sites is 2. The maximum absolute atomic E-state index is 6.26. The molecule has 4 aromatic heterocycles. The predicted molar refractivity (Wildman–Crippen MR) is 192 cm³/mol. The quantitative estimate of drug-likeness (QED) is 0.200. The van der Waals surface area contributed by atoms with E-state index in [0.717, 1.165) is 66.4 Å². The van der Waals surface area contributed by atoms with Crippen molar-refractivity contribution in [2.45, 2.75) is 0 Å². The maximum Gasteiger partial charge on any atom is 0.229 e. The smallest absolute Gasteiger partial charge is 0.229 e. The first-order valence-corrected chi connectivity index (χ1v) is 15.7. The second-order valence-corrected chi connectivity index (χ2v) is 11.8. The average molecular weight is 604 g/mol. The fourth-order valence-electron chi connectivity index (χ4n) is 6.83. The number of benzene rings is 6. The summed E-state index contributed by atoms with van der Waals surface area (Å²) in [6.45, 7) is 0. The van der Waals surface area contributed by atoms with E-state index in [1.807, 2.05) is 48.5 Å². The molecule has 0 spiro atoms. The molecular weight excluding hydrogens is 578 g/mol. The van der Waals surface area contributed by atoms with Crippen molar-refractivity contribution in [2.75, 3.05) is 4.90 Å². The Kier molecular flexibility index (Phi) is 5.51. The van der Waals surface area contributed by atoms with Gasteiger partial charge in [-0.2, -0.15) is 4.98 Å². The molecule has 0 bridgehead atoms. The lowest BCUT2D eigenvalue weighted by Gasteiger charge is -2.24. The monoisotopic (exact) mass is 603 g/mol. The summed E-state index contributed by atoms with van der Waals surface area (Å²) in [5.41, 5.74) is 6.97. The lowest BCUT2D eigenvalue weighted by molar-refractivity contribution is 0.654. The molecule has 5 heteroatoms. The van der Waals surface area contributed by atoms with Crippen LogP contribution < -0.4 is 4.90 Å². The van der Waals surface area contributed by atoms with E-state index in [1.165, 1.54) is 16.2 Å². The Morgan fingerprint density at radius 2 is 1.11 bits per heavy atom. The van der Waals surface area contributed by atoms with Crippen LogP contribution in [0, 0.1) is 0 Å². The third-order valence-electron chi connectivity index (χ3n) is 9.06. The fourth-order valence-corrected chi connectivity index (χ4v) is 6.83. The number of pyridine rings is 2. The van der Waals surface area contributed by atoms with Crippen LogP contribution in [0.25, 0.3) is 76.8 Å². The molecule has 0 saturated carbocycles. The van der Waals surface area contributed by atoms with E-state index in [4.69, 9.17) is 18.8 Å². The molecule has 0 aliphatic heterocycles. The summed E-state index contributed by atoms with van der Waals surface area (Å²) in [6.07, 6.45) is 0. The first kappa shape index (κ1) is 25.8. The Morgan fingerprint density at radius 1 is 0.426 bits per heavy atom. The second-order valence-electron chi connectivity index (χ2n) is 11.8. The SMILES string of the molecule is c1ccc2cc(-c3cc(N(c4ccc5c(n4)oc4ccccc45)c4ccc5oc6ccccc6c5n4)cc4ccccc34)ccc2c1. The third kappa shape index (κ3) is 4.10. The number of rotatable bonds is 4. The van der Waals surface area contributed by atoms with E-state index in [0.29, 0.717) is 11.5 Å². The highest BCUT2D eigenvalue weighted by Crippen LogP contribution is 2.42. The van der Waals surface area contributed by atoms with E-state index < -0.39 is 0 Å². The van der Waals surface area contributed by atoms with Gasteiger partial charge >= 0.3 is 0 Å². The summed E-state index contributed by atoms with van der Waals surface area (Å²) < 4.78 is 12.4. The molecular formula is C42H25N3O2. The molecule has 220 valence electrons. The van der Waals surface area contributed by atoms with Crippen LogP contribution in [0.2, 0.25) is 0 Å². The van der Waals surface area contributed by atoms with Gasteiger partial charge in [-0.25, -0.2) is 4.98 Å². The lowest BCUT2D eigenvalue weighted by Crippen LogP contribution is -2.13. The Balaban J connectivity index is 1.24. The Morgan fingerprint density at radius 3 is 1.98 bits per heavy atom. The number of nitrogens with zero attached hydrogens (tertiary/aromatic N) is 3. The van der Waals surface area contributed by atoms with Crippen molar-refractivity contribution in [3.63, 3.8) is 0 Å². The van der Waals surface area contributed by atoms with Crippen LogP contribution in [-0.4, -0.2) is 9.97 Å². The summed E-state index contributed by atoms with van der Waals surface area (Å²) in [7, 11) is 0. The zero-order valence-corrected chi connectivity index (χ0v) is 25.1.